The van der Waals surface area contributed by atoms with Gasteiger partial charge >= 0.3 is 0 Å². The number of ether oxygens (including phenoxy) is 1. The molecule has 0 saturated carbocycles. The summed E-state index contributed by atoms with van der Waals surface area (Å²) in [5.41, 5.74) is 0. The lowest BCUT2D eigenvalue weighted by molar-refractivity contribution is -0.128. The highest BCUT2D eigenvalue weighted by Gasteiger charge is 2.04. The minimum absolute atomic E-state index is 0.521. The highest BCUT2D eigenvalue weighted by atomic mass is 16.5. The molecule has 0 aromatic rings. The number of hydrogen-bond acceptors (Lipinski definition) is 2. The third-order valence-corrected chi connectivity index (χ3v) is 1.90. The normalized spacial score (nSPS) is 13.0. The van der Waals surface area contributed by atoms with Crippen molar-refractivity contribution in [2.75, 3.05) is 6.61 Å². The Balaban J connectivity index is 3.19. The minimum Gasteiger partial charge on any atom is -0.468 e. The van der Waals surface area contributed by atoms with E-state index < -0.39 is 0 Å². The molecule has 1 atom stereocenters. The van der Waals surface area contributed by atoms with Crippen molar-refractivity contribution in [1.82, 2.24) is 0 Å². The molecule has 2 nitrogen and oxygen atoms in total. The molecular weight excluding hydrogens is 152 g/mol. The number of carbonyl (C=O) groups excluding carboxylic acids is 1. The van der Waals surface area contributed by atoms with Gasteiger partial charge in [0.25, 0.3) is 6.47 Å². The van der Waals surface area contributed by atoms with Crippen LogP contribution in [0, 0.1) is 11.8 Å². The van der Waals surface area contributed by atoms with Gasteiger partial charge in [-0.25, -0.2) is 0 Å². The molecule has 0 radical (unpaired) electrons. The molecule has 0 N–H and O–H groups in total. The Morgan fingerprint density at radius 2 is 2.00 bits per heavy atom. The Morgan fingerprint density at radius 1 is 1.33 bits per heavy atom. The lowest BCUT2D eigenvalue weighted by Crippen LogP contribution is -2.02. The first kappa shape index (κ1) is 11.5. The van der Waals surface area contributed by atoms with E-state index in [1.165, 1.54) is 6.42 Å². The first-order chi connectivity index (χ1) is 5.66. The number of hydrogen-bond donors (Lipinski definition) is 0. The van der Waals surface area contributed by atoms with Crippen molar-refractivity contribution in [3.05, 3.63) is 0 Å². The lowest BCUT2D eigenvalue weighted by atomic mass is 9.95. The van der Waals surface area contributed by atoms with Crippen LogP contribution in [-0.2, 0) is 9.53 Å². The van der Waals surface area contributed by atoms with Gasteiger partial charge < -0.3 is 4.74 Å². The highest BCUT2D eigenvalue weighted by Crippen LogP contribution is 2.15. The Kier molecular flexibility index (Phi) is 6.82. The Labute approximate surface area is 75.3 Å². The minimum atomic E-state index is 0.521. The molecule has 0 aromatic heterocycles. The van der Waals surface area contributed by atoms with Gasteiger partial charge in [-0.15, -0.1) is 0 Å². The van der Waals surface area contributed by atoms with Crippen molar-refractivity contribution in [3.63, 3.8) is 0 Å². The highest BCUT2D eigenvalue weighted by molar-refractivity contribution is 5.36. The van der Waals surface area contributed by atoms with E-state index in [2.05, 4.69) is 25.5 Å². The van der Waals surface area contributed by atoms with E-state index in [-0.39, 0.29) is 0 Å². The van der Waals surface area contributed by atoms with Crippen LogP contribution in [-0.4, -0.2) is 13.1 Å². The lowest BCUT2D eigenvalue weighted by Gasteiger charge is -2.12. The van der Waals surface area contributed by atoms with Crippen molar-refractivity contribution in [3.8, 4) is 0 Å². The van der Waals surface area contributed by atoms with Gasteiger partial charge in [-0.2, -0.15) is 0 Å². The summed E-state index contributed by atoms with van der Waals surface area (Å²) in [7, 11) is 0. The third kappa shape index (κ3) is 7.58. The Bertz CT molecular complexity index is 110. The molecule has 12 heavy (non-hydrogen) atoms. The zero-order valence-electron chi connectivity index (χ0n) is 8.38. The SMILES string of the molecule is CC(C)CC(C)CCCOC=O. The standard InChI is InChI=1S/C10H20O2/c1-9(2)7-10(3)5-4-6-12-8-11/h8-10H,4-7H2,1-3H3. The van der Waals surface area contributed by atoms with E-state index in [1.807, 2.05) is 0 Å². The van der Waals surface area contributed by atoms with Crippen LogP contribution in [0.5, 0.6) is 0 Å². The average molecular weight is 172 g/mol. The van der Waals surface area contributed by atoms with Crippen LogP contribution in [0.1, 0.15) is 40.0 Å². The summed E-state index contributed by atoms with van der Waals surface area (Å²) in [6.07, 6.45) is 3.42. The predicted molar refractivity (Wildman–Crippen MR) is 49.9 cm³/mol. The second-order valence-corrected chi connectivity index (χ2v) is 3.84. The molecular formula is C10H20O2. The van der Waals surface area contributed by atoms with E-state index in [0.29, 0.717) is 13.1 Å². The van der Waals surface area contributed by atoms with Gasteiger partial charge in [0.2, 0.25) is 0 Å². The molecule has 0 saturated heterocycles. The smallest absolute Gasteiger partial charge is 0.293 e. The van der Waals surface area contributed by atoms with Crippen molar-refractivity contribution in [1.29, 1.82) is 0 Å². The first-order valence-electron chi connectivity index (χ1n) is 4.72. The fourth-order valence-electron chi connectivity index (χ4n) is 1.49. The molecule has 0 amide bonds. The topological polar surface area (TPSA) is 26.3 Å². The van der Waals surface area contributed by atoms with Gasteiger partial charge in [0, 0.05) is 0 Å². The van der Waals surface area contributed by atoms with Crippen molar-refractivity contribution >= 4 is 6.47 Å². The fourth-order valence-corrected chi connectivity index (χ4v) is 1.49. The molecule has 72 valence electrons. The maximum atomic E-state index is 9.81. The fraction of sp³-hybridized carbons (Fsp3) is 0.900. The van der Waals surface area contributed by atoms with E-state index in [0.717, 1.165) is 24.7 Å². The Morgan fingerprint density at radius 3 is 2.50 bits per heavy atom. The van der Waals surface area contributed by atoms with Gasteiger partial charge in [-0.1, -0.05) is 20.8 Å². The maximum absolute atomic E-state index is 9.81. The van der Waals surface area contributed by atoms with Crippen LogP contribution in [0.15, 0.2) is 0 Å². The van der Waals surface area contributed by atoms with Crippen molar-refractivity contribution in [2.24, 2.45) is 11.8 Å². The number of rotatable bonds is 7. The molecule has 0 aliphatic rings. The van der Waals surface area contributed by atoms with Gasteiger partial charge in [-0.05, 0) is 31.1 Å². The molecule has 1 unspecified atom stereocenters. The summed E-state index contributed by atoms with van der Waals surface area (Å²) in [6, 6.07) is 0. The monoisotopic (exact) mass is 172 g/mol. The largest absolute Gasteiger partial charge is 0.468 e. The second-order valence-electron chi connectivity index (χ2n) is 3.84. The van der Waals surface area contributed by atoms with E-state index in [9.17, 15) is 4.79 Å². The van der Waals surface area contributed by atoms with Crippen molar-refractivity contribution < 1.29 is 9.53 Å². The summed E-state index contributed by atoms with van der Waals surface area (Å²) in [4.78, 5) is 9.81. The van der Waals surface area contributed by atoms with Crippen LogP contribution in [0.25, 0.3) is 0 Å². The zero-order valence-corrected chi connectivity index (χ0v) is 8.38. The summed E-state index contributed by atoms with van der Waals surface area (Å²) in [6.45, 7) is 7.82. The summed E-state index contributed by atoms with van der Waals surface area (Å²) < 4.78 is 4.61. The average Bonchev–Trinajstić information content (AvgIpc) is 1.97. The van der Waals surface area contributed by atoms with Crippen LogP contribution < -0.4 is 0 Å². The predicted octanol–water partition coefficient (Wildman–Crippen LogP) is 2.62. The molecule has 0 heterocycles. The third-order valence-electron chi connectivity index (χ3n) is 1.90. The summed E-state index contributed by atoms with van der Waals surface area (Å²) >= 11 is 0. The van der Waals surface area contributed by atoms with Crippen LogP contribution in [0.2, 0.25) is 0 Å². The molecule has 0 bridgehead atoms. The van der Waals surface area contributed by atoms with E-state index >= 15 is 0 Å². The number of carbonyl (C=O) groups is 1. The van der Waals surface area contributed by atoms with Gasteiger partial charge in [-0.3, -0.25) is 4.79 Å². The molecule has 0 fully saturated rings. The molecule has 0 spiro atoms. The van der Waals surface area contributed by atoms with Crippen LogP contribution in [0.3, 0.4) is 0 Å². The summed E-state index contributed by atoms with van der Waals surface area (Å²) in [5, 5.41) is 0. The van der Waals surface area contributed by atoms with Gasteiger partial charge in [0.05, 0.1) is 6.61 Å². The van der Waals surface area contributed by atoms with Gasteiger partial charge in [0.15, 0.2) is 0 Å². The van der Waals surface area contributed by atoms with Gasteiger partial charge in [0.1, 0.15) is 0 Å². The Hall–Kier alpha value is -0.530. The molecule has 0 rings (SSSR count). The second kappa shape index (κ2) is 7.14. The first-order valence-corrected chi connectivity index (χ1v) is 4.72. The molecule has 2 heteroatoms. The van der Waals surface area contributed by atoms with Crippen LogP contribution >= 0.6 is 0 Å². The summed E-state index contributed by atoms with van der Waals surface area (Å²) in [5.74, 6) is 1.52. The quantitative estimate of drug-likeness (QED) is 0.436. The van der Waals surface area contributed by atoms with E-state index in [4.69, 9.17) is 0 Å². The van der Waals surface area contributed by atoms with Crippen LogP contribution in [0.4, 0.5) is 0 Å². The van der Waals surface area contributed by atoms with Crippen molar-refractivity contribution in [2.45, 2.75) is 40.0 Å². The molecule has 0 aliphatic heterocycles. The maximum Gasteiger partial charge on any atom is 0.293 e. The molecule has 0 aromatic carbocycles. The van der Waals surface area contributed by atoms with E-state index in [1.54, 1.807) is 0 Å². The zero-order chi connectivity index (χ0) is 9.40. The molecule has 0 aliphatic carbocycles.